The molecule has 0 radical (unpaired) electrons. The Bertz CT molecular complexity index is 569. The molecule has 0 aliphatic heterocycles. The first-order chi connectivity index (χ1) is 10.3. The maximum Gasteiger partial charge on any atom is 0.126 e. The zero-order valence-electron chi connectivity index (χ0n) is 13.0. The van der Waals surface area contributed by atoms with Crippen molar-refractivity contribution in [2.45, 2.75) is 44.1 Å². The zero-order valence-corrected chi connectivity index (χ0v) is 13.0. The molecule has 0 bridgehead atoms. The van der Waals surface area contributed by atoms with Crippen molar-refractivity contribution in [3.8, 4) is 0 Å². The Morgan fingerprint density at radius 1 is 1.29 bits per heavy atom. The number of hydrogen-bond donors (Lipinski definition) is 1. The van der Waals surface area contributed by atoms with Gasteiger partial charge in [-0.1, -0.05) is 43.7 Å². The van der Waals surface area contributed by atoms with E-state index in [0.717, 1.165) is 18.8 Å². The molecule has 1 unspecified atom stereocenters. The van der Waals surface area contributed by atoms with Crippen LogP contribution in [0.3, 0.4) is 0 Å². The van der Waals surface area contributed by atoms with Crippen molar-refractivity contribution in [1.82, 2.24) is 14.9 Å². The van der Waals surface area contributed by atoms with Gasteiger partial charge in [0, 0.05) is 24.9 Å². The van der Waals surface area contributed by atoms with E-state index >= 15 is 0 Å². The molecule has 0 spiro atoms. The van der Waals surface area contributed by atoms with Gasteiger partial charge in [-0.15, -0.1) is 0 Å². The molecule has 0 saturated heterocycles. The van der Waals surface area contributed by atoms with Crippen LogP contribution in [0.5, 0.6) is 0 Å². The van der Waals surface area contributed by atoms with Gasteiger partial charge in [0.2, 0.25) is 0 Å². The van der Waals surface area contributed by atoms with Crippen molar-refractivity contribution in [2.75, 3.05) is 6.54 Å². The van der Waals surface area contributed by atoms with Crippen LogP contribution < -0.4 is 5.32 Å². The number of rotatable bonds is 6. The van der Waals surface area contributed by atoms with Gasteiger partial charge in [-0.25, -0.2) is 4.98 Å². The van der Waals surface area contributed by atoms with Gasteiger partial charge in [0.05, 0.1) is 6.04 Å². The zero-order chi connectivity index (χ0) is 14.7. The molecular formula is C18H25N3. The molecule has 1 aromatic carbocycles. The van der Waals surface area contributed by atoms with Crippen LogP contribution >= 0.6 is 0 Å². The molecule has 1 fully saturated rings. The second-order valence-electron chi connectivity index (χ2n) is 6.16. The maximum absolute atomic E-state index is 4.64. The molecule has 3 nitrogen and oxygen atoms in total. The monoisotopic (exact) mass is 283 g/mol. The van der Waals surface area contributed by atoms with E-state index in [-0.39, 0.29) is 5.41 Å². The van der Waals surface area contributed by atoms with Crippen LogP contribution in [-0.4, -0.2) is 16.1 Å². The van der Waals surface area contributed by atoms with Crippen LogP contribution in [0.25, 0.3) is 0 Å². The molecule has 3 rings (SSSR count). The number of aromatic nitrogens is 2. The average molecular weight is 283 g/mol. The fourth-order valence-electron chi connectivity index (χ4n) is 3.55. The molecule has 0 amide bonds. The number of hydrogen-bond acceptors (Lipinski definition) is 2. The third-order valence-electron chi connectivity index (χ3n) is 4.86. The lowest BCUT2D eigenvalue weighted by molar-refractivity contribution is 0.161. The molecule has 112 valence electrons. The predicted molar refractivity (Wildman–Crippen MR) is 86.2 cm³/mol. The van der Waals surface area contributed by atoms with Gasteiger partial charge < -0.3 is 9.88 Å². The largest absolute Gasteiger partial charge is 0.337 e. The number of benzene rings is 1. The minimum Gasteiger partial charge on any atom is -0.337 e. The van der Waals surface area contributed by atoms with Crippen LogP contribution in [0.4, 0.5) is 0 Å². The first-order valence-corrected chi connectivity index (χ1v) is 8.04. The standard InChI is InChI=1S/C18H25N3/c1-3-12-19-16(17-20-13-14-21(17)2)18(10-7-11-18)15-8-5-4-6-9-15/h4-6,8-9,13-14,16,19H,3,7,10-12H2,1-2H3. The lowest BCUT2D eigenvalue weighted by atomic mass is 9.59. The van der Waals surface area contributed by atoms with E-state index in [1.54, 1.807) is 0 Å². The van der Waals surface area contributed by atoms with E-state index in [2.05, 4.69) is 59.2 Å². The summed E-state index contributed by atoms with van der Waals surface area (Å²) in [5.74, 6) is 1.16. The van der Waals surface area contributed by atoms with Crippen molar-refractivity contribution < 1.29 is 0 Å². The van der Waals surface area contributed by atoms with Crippen molar-refractivity contribution in [3.05, 3.63) is 54.1 Å². The molecule has 1 atom stereocenters. The van der Waals surface area contributed by atoms with Gasteiger partial charge in [-0.05, 0) is 31.4 Å². The highest BCUT2D eigenvalue weighted by Gasteiger charge is 2.47. The second kappa shape index (κ2) is 6.02. The van der Waals surface area contributed by atoms with Gasteiger partial charge in [0.15, 0.2) is 0 Å². The minimum absolute atomic E-state index is 0.204. The lowest BCUT2D eigenvalue weighted by Crippen LogP contribution is -2.48. The average Bonchev–Trinajstić information content (AvgIpc) is 2.88. The summed E-state index contributed by atoms with van der Waals surface area (Å²) in [5.41, 5.74) is 1.66. The molecule has 1 heterocycles. The van der Waals surface area contributed by atoms with Crippen LogP contribution in [-0.2, 0) is 12.5 Å². The molecule has 1 aromatic heterocycles. The predicted octanol–water partition coefficient (Wildman–Crippen LogP) is 3.58. The Hall–Kier alpha value is -1.61. The fraction of sp³-hybridized carbons (Fsp3) is 0.500. The third kappa shape index (κ3) is 2.51. The topological polar surface area (TPSA) is 29.9 Å². The van der Waals surface area contributed by atoms with Crippen LogP contribution in [0, 0.1) is 0 Å². The van der Waals surface area contributed by atoms with Crippen LogP contribution in [0.15, 0.2) is 42.7 Å². The highest BCUT2D eigenvalue weighted by atomic mass is 15.1. The summed E-state index contributed by atoms with van der Waals surface area (Å²) < 4.78 is 2.16. The van der Waals surface area contributed by atoms with Gasteiger partial charge in [0.1, 0.15) is 5.82 Å². The maximum atomic E-state index is 4.64. The summed E-state index contributed by atoms with van der Waals surface area (Å²) in [5, 5.41) is 3.77. The van der Waals surface area contributed by atoms with Gasteiger partial charge >= 0.3 is 0 Å². The fourth-order valence-corrected chi connectivity index (χ4v) is 3.55. The normalized spacial score (nSPS) is 18.2. The summed E-state index contributed by atoms with van der Waals surface area (Å²) in [4.78, 5) is 4.64. The number of nitrogens with zero attached hydrogens (tertiary/aromatic N) is 2. The third-order valence-corrected chi connectivity index (χ3v) is 4.86. The lowest BCUT2D eigenvalue weighted by Gasteiger charge is -2.48. The summed E-state index contributed by atoms with van der Waals surface area (Å²) >= 11 is 0. The van der Waals surface area contributed by atoms with E-state index < -0.39 is 0 Å². The van der Waals surface area contributed by atoms with Crippen molar-refractivity contribution in [3.63, 3.8) is 0 Å². The quantitative estimate of drug-likeness (QED) is 0.878. The van der Waals surface area contributed by atoms with E-state index in [0.29, 0.717) is 6.04 Å². The highest BCUT2D eigenvalue weighted by molar-refractivity contribution is 5.32. The smallest absolute Gasteiger partial charge is 0.126 e. The second-order valence-corrected chi connectivity index (χ2v) is 6.16. The first kappa shape index (κ1) is 14.3. The molecule has 2 aromatic rings. The van der Waals surface area contributed by atoms with Crippen molar-refractivity contribution in [2.24, 2.45) is 7.05 Å². The summed E-state index contributed by atoms with van der Waals surface area (Å²) in [6, 6.07) is 11.3. The van der Waals surface area contributed by atoms with E-state index in [4.69, 9.17) is 0 Å². The van der Waals surface area contributed by atoms with Crippen molar-refractivity contribution >= 4 is 0 Å². The van der Waals surface area contributed by atoms with Gasteiger partial charge in [-0.3, -0.25) is 0 Å². The van der Waals surface area contributed by atoms with E-state index in [1.165, 1.54) is 24.8 Å². The molecular weight excluding hydrogens is 258 g/mol. The molecule has 1 N–H and O–H groups in total. The summed E-state index contributed by atoms with van der Waals surface area (Å²) in [6.07, 6.45) is 8.90. The molecule has 1 saturated carbocycles. The number of aryl methyl sites for hydroxylation is 1. The van der Waals surface area contributed by atoms with Gasteiger partial charge in [0.25, 0.3) is 0 Å². The minimum atomic E-state index is 0.204. The number of imidazole rings is 1. The molecule has 21 heavy (non-hydrogen) atoms. The summed E-state index contributed by atoms with van der Waals surface area (Å²) in [6.45, 7) is 3.25. The van der Waals surface area contributed by atoms with E-state index in [1.807, 2.05) is 12.4 Å². The molecule has 1 aliphatic rings. The number of nitrogens with one attached hydrogen (secondary N) is 1. The Morgan fingerprint density at radius 2 is 2.05 bits per heavy atom. The molecule has 1 aliphatic carbocycles. The van der Waals surface area contributed by atoms with Gasteiger partial charge in [-0.2, -0.15) is 0 Å². The van der Waals surface area contributed by atoms with Crippen molar-refractivity contribution in [1.29, 1.82) is 0 Å². The highest BCUT2D eigenvalue weighted by Crippen LogP contribution is 2.51. The Morgan fingerprint density at radius 3 is 2.57 bits per heavy atom. The Kier molecular flexibility index (Phi) is 4.11. The van der Waals surface area contributed by atoms with Crippen LogP contribution in [0.1, 0.15) is 50.0 Å². The Balaban J connectivity index is 2.00. The SMILES string of the molecule is CCCNC(c1nccn1C)C1(c2ccccc2)CCC1. The molecule has 3 heteroatoms. The first-order valence-electron chi connectivity index (χ1n) is 8.04. The Labute approximate surface area is 127 Å². The van der Waals surface area contributed by atoms with Crippen LogP contribution in [0.2, 0.25) is 0 Å². The summed E-state index contributed by atoms with van der Waals surface area (Å²) in [7, 11) is 2.10. The van der Waals surface area contributed by atoms with E-state index in [9.17, 15) is 0 Å².